The summed E-state index contributed by atoms with van der Waals surface area (Å²) >= 11 is 3.22. The predicted molar refractivity (Wildman–Crippen MR) is 66.1 cm³/mol. The molecular formula is C12H15BrFNO. The summed E-state index contributed by atoms with van der Waals surface area (Å²) in [4.78, 5) is 13.8. The minimum Gasteiger partial charge on any atom is -0.339 e. The van der Waals surface area contributed by atoms with E-state index in [4.69, 9.17) is 0 Å². The number of rotatable bonds is 3. The van der Waals surface area contributed by atoms with Crippen LogP contribution in [0.4, 0.5) is 4.39 Å². The van der Waals surface area contributed by atoms with Gasteiger partial charge in [-0.25, -0.2) is 4.39 Å². The Morgan fingerprint density at radius 1 is 1.38 bits per heavy atom. The zero-order chi connectivity index (χ0) is 12.3. The van der Waals surface area contributed by atoms with Crippen molar-refractivity contribution in [1.29, 1.82) is 0 Å². The van der Waals surface area contributed by atoms with Gasteiger partial charge in [0.05, 0.1) is 5.56 Å². The first-order valence-corrected chi connectivity index (χ1v) is 6.05. The molecule has 88 valence electrons. The first kappa shape index (κ1) is 13.2. The highest BCUT2D eigenvalue weighted by molar-refractivity contribution is 9.10. The van der Waals surface area contributed by atoms with Crippen LogP contribution >= 0.6 is 15.9 Å². The van der Waals surface area contributed by atoms with E-state index >= 15 is 0 Å². The van der Waals surface area contributed by atoms with Crippen molar-refractivity contribution in [3.05, 3.63) is 33.5 Å². The second-order valence-electron chi connectivity index (χ2n) is 3.56. The summed E-state index contributed by atoms with van der Waals surface area (Å²) in [6.07, 6.45) is 0. The molecule has 2 nitrogen and oxygen atoms in total. The lowest BCUT2D eigenvalue weighted by Crippen LogP contribution is -2.30. The molecule has 0 spiro atoms. The third-order valence-corrected chi connectivity index (χ3v) is 3.19. The maximum absolute atomic E-state index is 13.2. The fourth-order valence-electron chi connectivity index (χ4n) is 1.50. The predicted octanol–water partition coefficient (Wildman–Crippen LogP) is 3.38. The third-order valence-electron chi connectivity index (χ3n) is 2.53. The van der Waals surface area contributed by atoms with Crippen LogP contribution in [0.5, 0.6) is 0 Å². The second kappa shape index (κ2) is 5.43. The molecule has 1 aromatic carbocycles. The highest BCUT2D eigenvalue weighted by Gasteiger charge is 2.17. The number of carbonyl (C=O) groups excluding carboxylic acids is 1. The van der Waals surface area contributed by atoms with Crippen molar-refractivity contribution < 1.29 is 9.18 Å². The summed E-state index contributed by atoms with van der Waals surface area (Å²) < 4.78 is 13.7. The van der Waals surface area contributed by atoms with Gasteiger partial charge in [-0.05, 0) is 54.4 Å². The van der Waals surface area contributed by atoms with E-state index in [0.29, 0.717) is 28.7 Å². The number of halogens is 2. The van der Waals surface area contributed by atoms with E-state index in [0.717, 1.165) is 0 Å². The molecule has 0 saturated heterocycles. The summed E-state index contributed by atoms with van der Waals surface area (Å²) in [5.74, 6) is -0.372. The van der Waals surface area contributed by atoms with E-state index in [1.807, 2.05) is 13.8 Å². The quantitative estimate of drug-likeness (QED) is 0.835. The van der Waals surface area contributed by atoms with E-state index in [-0.39, 0.29) is 11.7 Å². The van der Waals surface area contributed by atoms with Crippen molar-refractivity contribution in [3.63, 3.8) is 0 Å². The lowest BCUT2D eigenvalue weighted by atomic mass is 10.1. The first-order valence-electron chi connectivity index (χ1n) is 5.26. The monoisotopic (exact) mass is 287 g/mol. The summed E-state index contributed by atoms with van der Waals surface area (Å²) in [7, 11) is 0. The topological polar surface area (TPSA) is 20.3 Å². The van der Waals surface area contributed by atoms with Gasteiger partial charge in [0, 0.05) is 17.6 Å². The Kier molecular flexibility index (Phi) is 4.47. The SMILES string of the molecule is CCN(CC)C(=O)c1cc(C)c(F)cc1Br. The van der Waals surface area contributed by atoms with Crippen molar-refractivity contribution in [2.75, 3.05) is 13.1 Å². The van der Waals surface area contributed by atoms with Gasteiger partial charge in [-0.1, -0.05) is 0 Å². The first-order chi connectivity index (χ1) is 7.51. The van der Waals surface area contributed by atoms with Gasteiger partial charge in [0.1, 0.15) is 5.82 Å². The molecule has 0 aliphatic rings. The van der Waals surface area contributed by atoms with Crippen LogP contribution in [0.15, 0.2) is 16.6 Å². The fourth-order valence-corrected chi connectivity index (χ4v) is 1.99. The van der Waals surface area contributed by atoms with E-state index < -0.39 is 0 Å². The molecule has 0 aliphatic heterocycles. The molecule has 0 fully saturated rings. The molecular weight excluding hydrogens is 273 g/mol. The van der Waals surface area contributed by atoms with E-state index in [2.05, 4.69) is 15.9 Å². The summed E-state index contributed by atoms with van der Waals surface area (Å²) in [5.41, 5.74) is 1.00. The number of carbonyl (C=O) groups is 1. The van der Waals surface area contributed by atoms with Crippen LogP contribution in [0.2, 0.25) is 0 Å². The lowest BCUT2D eigenvalue weighted by Gasteiger charge is -2.19. The molecule has 0 bridgehead atoms. The van der Waals surface area contributed by atoms with Gasteiger partial charge in [0.25, 0.3) is 5.91 Å². The van der Waals surface area contributed by atoms with Crippen molar-refractivity contribution in [1.82, 2.24) is 4.90 Å². The Hall–Kier alpha value is -0.900. The Labute approximate surface area is 104 Å². The number of hydrogen-bond donors (Lipinski definition) is 0. The average molecular weight is 288 g/mol. The van der Waals surface area contributed by atoms with Gasteiger partial charge in [-0.3, -0.25) is 4.79 Å². The molecule has 1 aromatic rings. The standard InChI is InChI=1S/C12H15BrFNO/c1-4-15(5-2)12(16)9-6-8(3)11(14)7-10(9)13/h6-7H,4-5H2,1-3H3. The fraction of sp³-hybridized carbons (Fsp3) is 0.417. The largest absolute Gasteiger partial charge is 0.339 e. The van der Waals surface area contributed by atoms with Crippen LogP contribution in [-0.4, -0.2) is 23.9 Å². The summed E-state index contributed by atoms with van der Waals surface area (Å²) in [6.45, 7) is 6.80. The molecule has 4 heteroatoms. The molecule has 0 heterocycles. The summed E-state index contributed by atoms with van der Waals surface area (Å²) in [6, 6.07) is 2.92. The van der Waals surface area contributed by atoms with Crippen molar-refractivity contribution >= 4 is 21.8 Å². The Morgan fingerprint density at radius 3 is 2.44 bits per heavy atom. The van der Waals surface area contributed by atoms with Gasteiger partial charge >= 0.3 is 0 Å². The van der Waals surface area contributed by atoms with Crippen LogP contribution < -0.4 is 0 Å². The molecule has 0 unspecified atom stereocenters. The van der Waals surface area contributed by atoms with Gasteiger partial charge in [0.2, 0.25) is 0 Å². The lowest BCUT2D eigenvalue weighted by molar-refractivity contribution is 0.0772. The number of amides is 1. The number of hydrogen-bond acceptors (Lipinski definition) is 1. The Bertz CT molecular complexity index is 402. The maximum atomic E-state index is 13.2. The van der Waals surface area contributed by atoms with Crippen LogP contribution in [0.3, 0.4) is 0 Å². The van der Waals surface area contributed by atoms with Gasteiger partial charge in [-0.15, -0.1) is 0 Å². The molecule has 0 aromatic heterocycles. The second-order valence-corrected chi connectivity index (χ2v) is 4.41. The van der Waals surface area contributed by atoms with Gasteiger partial charge in [0.15, 0.2) is 0 Å². The molecule has 1 rings (SSSR count). The normalized spacial score (nSPS) is 10.3. The number of nitrogens with zero attached hydrogens (tertiary/aromatic N) is 1. The minimum atomic E-state index is -0.303. The molecule has 0 N–H and O–H groups in total. The Morgan fingerprint density at radius 2 is 1.94 bits per heavy atom. The van der Waals surface area contributed by atoms with Crippen LogP contribution in [-0.2, 0) is 0 Å². The molecule has 0 aliphatic carbocycles. The van der Waals surface area contributed by atoms with Crippen molar-refractivity contribution in [2.45, 2.75) is 20.8 Å². The highest BCUT2D eigenvalue weighted by Crippen LogP contribution is 2.22. The number of aryl methyl sites for hydroxylation is 1. The molecule has 0 saturated carbocycles. The maximum Gasteiger partial charge on any atom is 0.254 e. The van der Waals surface area contributed by atoms with Crippen LogP contribution in [0, 0.1) is 12.7 Å². The third kappa shape index (κ3) is 2.61. The van der Waals surface area contributed by atoms with Crippen molar-refractivity contribution in [2.24, 2.45) is 0 Å². The van der Waals surface area contributed by atoms with E-state index in [1.54, 1.807) is 17.9 Å². The zero-order valence-corrected chi connectivity index (χ0v) is 11.3. The molecule has 0 radical (unpaired) electrons. The van der Waals surface area contributed by atoms with E-state index in [1.165, 1.54) is 6.07 Å². The minimum absolute atomic E-state index is 0.0695. The van der Waals surface area contributed by atoms with Crippen LogP contribution in [0.1, 0.15) is 29.8 Å². The highest BCUT2D eigenvalue weighted by atomic mass is 79.9. The average Bonchev–Trinajstić information content (AvgIpc) is 2.25. The Balaban J connectivity index is 3.13. The smallest absolute Gasteiger partial charge is 0.254 e. The summed E-state index contributed by atoms with van der Waals surface area (Å²) in [5, 5.41) is 0. The van der Waals surface area contributed by atoms with Gasteiger partial charge < -0.3 is 4.90 Å². The molecule has 1 amide bonds. The van der Waals surface area contributed by atoms with E-state index in [9.17, 15) is 9.18 Å². The van der Waals surface area contributed by atoms with Crippen LogP contribution in [0.25, 0.3) is 0 Å². The molecule has 0 atom stereocenters. The van der Waals surface area contributed by atoms with Crippen molar-refractivity contribution in [3.8, 4) is 0 Å². The van der Waals surface area contributed by atoms with Gasteiger partial charge in [-0.2, -0.15) is 0 Å². The molecule has 16 heavy (non-hydrogen) atoms. The zero-order valence-electron chi connectivity index (χ0n) is 9.68. The number of benzene rings is 1.